The second-order valence-electron chi connectivity index (χ2n) is 5.73. The Morgan fingerprint density at radius 3 is 2.65 bits per heavy atom. The van der Waals surface area contributed by atoms with Gasteiger partial charge in [-0.05, 0) is 37.6 Å². The third kappa shape index (κ3) is 4.14. The fourth-order valence-electron chi connectivity index (χ4n) is 2.14. The Morgan fingerprint density at radius 1 is 1.30 bits per heavy atom. The van der Waals surface area contributed by atoms with Crippen molar-refractivity contribution in [3.05, 3.63) is 47.5 Å². The first-order valence-electron chi connectivity index (χ1n) is 7.08. The quantitative estimate of drug-likeness (QED) is 0.385. The molecule has 0 radical (unpaired) electrons. The fourth-order valence-corrected chi connectivity index (χ4v) is 3.92. The molecule has 2 aromatic rings. The average Bonchev–Trinajstić information content (AvgIpc) is 2.55. The van der Waals surface area contributed by atoms with Crippen molar-refractivity contribution < 1.29 is 0 Å². The van der Waals surface area contributed by atoms with Crippen LogP contribution in [0.25, 0.3) is 11.1 Å². The molecule has 0 aliphatic rings. The summed E-state index contributed by atoms with van der Waals surface area (Å²) < 4.78 is -0.0306. The van der Waals surface area contributed by atoms with Gasteiger partial charge in [-0.2, -0.15) is 17.9 Å². The number of thiol groups is 2. The molecule has 2 rings (SSSR count). The number of rotatable bonds is 5. The summed E-state index contributed by atoms with van der Waals surface area (Å²) in [7, 11) is 0. The lowest BCUT2D eigenvalue weighted by molar-refractivity contribution is 0.819. The van der Waals surface area contributed by atoms with Crippen LogP contribution in [0.15, 0.2) is 46.2 Å². The van der Waals surface area contributed by atoms with Crippen LogP contribution in [0.3, 0.4) is 0 Å². The Labute approximate surface area is 152 Å². The Kier molecular flexibility index (Phi) is 5.85. The van der Waals surface area contributed by atoms with Crippen LogP contribution >= 0.6 is 37.0 Å². The highest BCUT2D eigenvalue weighted by molar-refractivity contribution is 8.01. The zero-order chi connectivity index (χ0) is 17.0. The molecular weight excluding hydrogens is 340 g/mol. The zero-order valence-electron chi connectivity index (χ0n) is 13.0. The summed E-state index contributed by atoms with van der Waals surface area (Å²) in [4.78, 5) is 1.84. The molecule has 0 bridgehead atoms. The lowest BCUT2D eigenvalue weighted by Gasteiger charge is -2.24. The minimum atomic E-state index is -0.0306. The second-order valence-corrected chi connectivity index (χ2v) is 8.25. The molecule has 0 fully saturated rings. The summed E-state index contributed by atoms with van der Waals surface area (Å²) in [6.45, 7) is 4.28. The number of nitriles is 1. The first-order valence-corrected chi connectivity index (χ1v) is 8.98. The van der Waals surface area contributed by atoms with Crippen molar-refractivity contribution in [2.24, 2.45) is 0 Å². The van der Waals surface area contributed by atoms with Gasteiger partial charge in [0.25, 0.3) is 0 Å². The molecule has 0 amide bonds. The SMILES string of the molecule is CC(C)(CS)Sc1ccc(C=N)c(S)c1-c1cccc(C#N)c1. The second kappa shape index (κ2) is 7.48. The molecule has 118 valence electrons. The summed E-state index contributed by atoms with van der Waals surface area (Å²) in [6.07, 6.45) is 1.30. The Hall–Kier alpha value is -1.35. The van der Waals surface area contributed by atoms with E-state index in [2.05, 4.69) is 45.2 Å². The molecule has 2 nitrogen and oxygen atoms in total. The normalized spacial score (nSPS) is 11.1. The van der Waals surface area contributed by atoms with Crippen molar-refractivity contribution in [3.8, 4) is 17.2 Å². The van der Waals surface area contributed by atoms with Gasteiger partial charge in [-0.25, -0.2) is 0 Å². The van der Waals surface area contributed by atoms with E-state index in [-0.39, 0.29) is 4.75 Å². The molecule has 0 saturated heterocycles. The van der Waals surface area contributed by atoms with Crippen LogP contribution in [-0.2, 0) is 0 Å². The molecule has 0 aliphatic carbocycles. The Balaban J connectivity index is 2.67. The first-order chi connectivity index (χ1) is 10.9. The number of nitrogens with one attached hydrogen (secondary N) is 1. The van der Waals surface area contributed by atoms with Gasteiger partial charge in [-0.3, -0.25) is 0 Å². The summed E-state index contributed by atoms with van der Waals surface area (Å²) in [5.41, 5.74) is 3.28. The van der Waals surface area contributed by atoms with E-state index in [9.17, 15) is 0 Å². The van der Waals surface area contributed by atoms with Gasteiger partial charge in [0.05, 0.1) is 11.6 Å². The summed E-state index contributed by atoms with van der Waals surface area (Å²) in [5.74, 6) is 0.740. The lowest BCUT2D eigenvalue weighted by atomic mass is 10.0. The Morgan fingerprint density at radius 2 is 2.04 bits per heavy atom. The topological polar surface area (TPSA) is 47.6 Å². The van der Waals surface area contributed by atoms with E-state index in [0.717, 1.165) is 32.2 Å². The number of thioether (sulfide) groups is 1. The molecule has 5 heteroatoms. The maximum absolute atomic E-state index is 9.15. The van der Waals surface area contributed by atoms with Crippen molar-refractivity contribution >= 4 is 43.2 Å². The van der Waals surface area contributed by atoms with Crippen molar-refractivity contribution in [1.82, 2.24) is 0 Å². The minimum Gasteiger partial charge on any atom is -0.308 e. The van der Waals surface area contributed by atoms with Crippen molar-refractivity contribution in [3.63, 3.8) is 0 Å². The molecule has 23 heavy (non-hydrogen) atoms. The predicted octanol–water partition coefficient (Wildman–Crippen LogP) is 5.31. The average molecular weight is 359 g/mol. The van der Waals surface area contributed by atoms with Gasteiger partial charge in [-0.1, -0.05) is 18.2 Å². The first kappa shape index (κ1) is 18.0. The van der Waals surface area contributed by atoms with E-state index in [0.29, 0.717) is 5.56 Å². The molecule has 0 aromatic heterocycles. The van der Waals surface area contributed by atoms with Gasteiger partial charge in [0.15, 0.2) is 0 Å². The smallest absolute Gasteiger partial charge is 0.0991 e. The highest BCUT2D eigenvalue weighted by Gasteiger charge is 2.21. The van der Waals surface area contributed by atoms with Gasteiger partial charge in [-0.15, -0.1) is 24.4 Å². The highest BCUT2D eigenvalue weighted by atomic mass is 32.2. The molecule has 1 N–H and O–H groups in total. The van der Waals surface area contributed by atoms with E-state index in [4.69, 9.17) is 10.7 Å². The maximum atomic E-state index is 9.15. The van der Waals surface area contributed by atoms with Gasteiger partial charge >= 0.3 is 0 Å². The van der Waals surface area contributed by atoms with Crippen LogP contribution in [-0.4, -0.2) is 16.7 Å². The summed E-state index contributed by atoms with van der Waals surface area (Å²) >= 11 is 10.8. The predicted molar refractivity (Wildman–Crippen MR) is 106 cm³/mol. The van der Waals surface area contributed by atoms with Crippen molar-refractivity contribution in [2.75, 3.05) is 5.75 Å². The largest absolute Gasteiger partial charge is 0.308 e. The van der Waals surface area contributed by atoms with E-state index in [1.165, 1.54) is 6.21 Å². The molecule has 2 aromatic carbocycles. The third-order valence-electron chi connectivity index (χ3n) is 3.37. The van der Waals surface area contributed by atoms with Crippen LogP contribution in [0.4, 0.5) is 0 Å². The molecule has 0 spiro atoms. The number of hydrogen-bond acceptors (Lipinski definition) is 5. The lowest BCUT2D eigenvalue weighted by Crippen LogP contribution is -2.16. The Bertz CT molecular complexity index is 776. The number of hydrogen-bond donors (Lipinski definition) is 3. The van der Waals surface area contributed by atoms with Gasteiger partial charge in [0.1, 0.15) is 0 Å². The summed E-state index contributed by atoms with van der Waals surface area (Å²) in [5, 5.41) is 16.7. The van der Waals surface area contributed by atoms with E-state index in [1.807, 2.05) is 30.3 Å². The van der Waals surface area contributed by atoms with E-state index in [1.54, 1.807) is 17.8 Å². The van der Waals surface area contributed by atoms with Crippen molar-refractivity contribution in [2.45, 2.75) is 28.4 Å². The molecular formula is C18H18N2S3. The number of nitrogens with zero attached hydrogens (tertiary/aromatic N) is 1. The molecule has 0 aliphatic heterocycles. The molecule has 0 saturated carbocycles. The maximum Gasteiger partial charge on any atom is 0.0991 e. The summed E-state index contributed by atoms with van der Waals surface area (Å²) in [6, 6.07) is 13.6. The van der Waals surface area contributed by atoms with Crippen LogP contribution in [0.1, 0.15) is 25.0 Å². The van der Waals surface area contributed by atoms with Crippen molar-refractivity contribution in [1.29, 1.82) is 10.7 Å². The fraction of sp³-hybridized carbons (Fsp3) is 0.222. The van der Waals surface area contributed by atoms with Crippen LogP contribution in [0.5, 0.6) is 0 Å². The monoisotopic (exact) mass is 358 g/mol. The zero-order valence-corrected chi connectivity index (χ0v) is 15.6. The third-order valence-corrected chi connectivity index (χ3v) is 6.12. The number of benzene rings is 2. The highest BCUT2D eigenvalue weighted by Crippen LogP contribution is 2.43. The van der Waals surface area contributed by atoms with Gasteiger partial charge in [0.2, 0.25) is 0 Å². The van der Waals surface area contributed by atoms with Crippen LogP contribution in [0, 0.1) is 16.7 Å². The van der Waals surface area contributed by atoms with Crippen LogP contribution < -0.4 is 0 Å². The standard InChI is InChI=1S/C18H18N2S3/c1-18(2,11-21)23-15-7-6-14(10-20)17(22)16(15)13-5-3-4-12(8-13)9-19/h3-8,10,20-22H,11H2,1-2H3. The molecule has 0 unspecified atom stereocenters. The molecule has 0 atom stereocenters. The van der Waals surface area contributed by atoms with Gasteiger partial charge in [0, 0.05) is 37.6 Å². The minimum absolute atomic E-state index is 0.0306. The van der Waals surface area contributed by atoms with E-state index >= 15 is 0 Å². The molecule has 0 heterocycles. The van der Waals surface area contributed by atoms with E-state index < -0.39 is 0 Å². The van der Waals surface area contributed by atoms with Crippen LogP contribution in [0.2, 0.25) is 0 Å². The van der Waals surface area contributed by atoms with Gasteiger partial charge < -0.3 is 5.41 Å².